The number of aliphatic carboxylic acids is 1. The maximum absolute atomic E-state index is 12.1. The highest BCUT2D eigenvalue weighted by Gasteiger charge is 2.27. The van der Waals surface area contributed by atoms with E-state index in [0.717, 1.165) is 5.57 Å². The monoisotopic (exact) mass is 345 g/mol. The van der Waals surface area contributed by atoms with Crippen molar-refractivity contribution in [3.63, 3.8) is 0 Å². The van der Waals surface area contributed by atoms with Crippen LogP contribution >= 0.6 is 0 Å². The summed E-state index contributed by atoms with van der Waals surface area (Å²) < 4.78 is 15.4. The minimum Gasteiger partial charge on any atom is -0.481 e. The van der Waals surface area contributed by atoms with Crippen LogP contribution in [-0.4, -0.2) is 47.7 Å². The van der Waals surface area contributed by atoms with Crippen LogP contribution in [0, 0.1) is 0 Å². The number of carboxylic acid groups (broad SMARTS) is 1. The van der Waals surface area contributed by atoms with E-state index in [9.17, 15) is 14.4 Å². The summed E-state index contributed by atoms with van der Waals surface area (Å²) in [7, 11) is 0. The van der Waals surface area contributed by atoms with Crippen molar-refractivity contribution in [3.05, 3.63) is 12.2 Å². The van der Waals surface area contributed by atoms with Gasteiger partial charge in [0.2, 0.25) is 6.29 Å². The Morgan fingerprint density at radius 3 is 2.29 bits per heavy atom. The van der Waals surface area contributed by atoms with Crippen molar-refractivity contribution < 1.29 is 33.7 Å². The summed E-state index contributed by atoms with van der Waals surface area (Å²) in [6, 6.07) is -1.15. The highest BCUT2D eigenvalue weighted by atomic mass is 16.7. The van der Waals surface area contributed by atoms with Gasteiger partial charge in [-0.15, -0.1) is 0 Å². The average molecular weight is 345 g/mol. The van der Waals surface area contributed by atoms with Crippen LogP contribution in [0.1, 0.15) is 47.5 Å². The summed E-state index contributed by atoms with van der Waals surface area (Å²) in [5.41, 5.74) is 0.00987. The molecule has 0 aromatic carbocycles. The van der Waals surface area contributed by atoms with Gasteiger partial charge in [0.15, 0.2) is 0 Å². The highest BCUT2D eigenvalue weighted by molar-refractivity contribution is 5.82. The van der Waals surface area contributed by atoms with Crippen molar-refractivity contribution >= 4 is 18.0 Å². The number of carbonyl (C=O) groups excluding carboxylic acids is 2. The fourth-order valence-corrected chi connectivity index (χ4v) is 1.51. The van der Waals surface area contributed by atoms with Gasteiger partial charge in [-0.1, -0.05) is 12.2 Å². The first-order chi connectivity index (χ1) is 10.9. The summed E-state index contributed by atoms with van der Waals surface area (Å²) in [6.07, 6.45) is -2.12. The second kappa shape index (κ2) is 9.92. The van der Waals surface area contributed by atoms with E-state index >= 15 is 0 Å². The summed E-state index contributed by atoms with van der Waals surface area (Å²) >= 11 is 0. The van der Waals surface area contributed by atoms with Crippen molar-refractivity contribution in [1.29, 1.82) is 0 Å². The van der Waals surface area contributed by atoms with Crippen molar-refractivity contribution in [3.8, 4) is 0 Å². The number of alkyl carbamates (subject to hydrolysis) is 1. The number of hydrogen-bond donors (Lipinski definition) is 2. The van der Waals surface area contributed by atoms with E-state index in [1.807, 2.05) is 0 Å². The number of carbonyl (C=O) groups is 3. The number of nitrogens with one attached hydrogen (secondary N) is 1. The second-order valence-corrected chi connectivity index (χ2v) is 6.40. The molecule has 2 N–H and O–H groups in total. The number of amides is 1. The van der Waals surface area contributed by atoms with Gasteiger partial charge >= 0.3 is 18.0 Å². The normalized spacial score (nSPS) is 13.5. The molecule has 0 radical (unpaired) electrons. The zero-order valence-electron chi connectivity index (χ0n) is 14.9. The maximum Gasteiger partial charge on any atom is 0.408 e. The Morgan fingerprint density at radius 1 is 1.25 bits per heavy atom. The Bertz CT molecular complexity index is 468. The standard InChI is InChI=1S/C16H27NO7/c1-10(2)9-22-11(3)23-14(20)12(7-8-13(18)19)17-15(21)24-16(4,5)6/h11-12H,1,7-9H2,2-6H3,(H,17,21)(H,18,19)/t11?,12-/m0/s1. The Morgan fingerprint density at radius 2 is 1.83 bits per heavy atom. The van der Waals surface area contributed by atoms with E-state index < -0.39 is 36.0 Å². The molecule has 24 heavy (non-hydrogen) atoms. The molecule has 0 fully saturated rings. The first-order valence-corrected chi connectivity index (χ1v) is 7.58. The topological polar surface area (TPSA) is 111 Å². The molecule has 0 spiro atoms. The molecule has 1 unspecified atom stereocenters. The molecule has 0 aromatic heterocycles. The summed E-state index contributed by atoms with van der Waals surface area (Å²) in [5, 5.41) is 11.1. The van der Waals surface area contributed by atoms with E-state index in [1.165, 1.54) is 6.92 Å². The lowest BCUT2D eigenvalue weighted by Gasteiger charge is -2.23. The molecule has 0 aromatic rings. The lowest BCUT2D eigenvalue weighted by molar-refractivity contribution is -0.175. The lowest BCUT2D eigenvalue weighted by atomic mass is 10.1. The minimum atomic E-state index is -1.15. The Hall–Kier alpha value is -2.09. The molecular formula is C16H27NO7. The molecule has 0 aliphatic rings. The molecule has 0 saturated carbocycles. The summed E-state index contributed by atoms with van der Waals surface area (Å²) in [5.74, 6) is -1.89. The first kappa shape index (κ1) is 21.9. The third-order valence-electron chi connectivity index (χ3n) is 2.47. The summed E-state index contributed by atoms with van der Waals surface area (Å²) in [6.45, 7) is 12.2. The number of hydrogen-bond acceptors (Lipinski definition) is 6. The number of esters is 1. The van der Waals surface area contributed by atoms with Crippen LogP contribution in [0.15, 0.2) is 12.2 Å². The fourth-order valence-electron chi connectivity index (χ4n) is 1.51. The van der Waals surface area contributed by atoms with Crippen molar-refractivity contribution in [2.75, 3.05) is 6.61 Å². The van der Waals surface area contributed by atoms with Gasteiger partial charge in [0, 0.05) is 6.42 Å². The predicted molar refractivity (Wildman–Crippen MR) is 86.3 cm³/mol. The lowest BCUT2D eigenvalue weighted by Crippen LogP contribution is -2.45. The molecule has 138 valence electrons. The van der Waals surface area contributed by atoms with Crippen LogP contribution in [0.5, 0.6) is 0 Å². The van der Waals surface area contributed by atoms with Gasteiger partial charge in [-0.2, -0.15) is 0 Å². The third-order valence-corrected chi connectivity index (χ3v) is 2.47. The Kier molecular flexibility index (Phi) is 9.05. The number of ether oxygens (including phenoxy) is 3. The quantitative estimate of drug-likeness (QED) is 0.374. The average Bonchev–Trinajstić information content (AvgIpc) is 2.38. The van der Waals surface area contributed by atoms with Gasteiger partial charge < -0.3 is 24.6 Å². The molecule has 0 heterocycles. The molecule has 0 aliphatic carbocycles. The van der Waals surface area contributed by atoms with Gasteiger partial charge in [0.25, 0.3) is 0 Å². The first-order valence-electron chi connectivity index (χ1n) is 7.58. The van der Waals surface area contributed by atoms with E-state index in [2.05, 4.69) is 11.9 Å². The van der Waals surface area contributed by atoms with Crippen molar-refractivity contribution in [2.45, 2.75) is 65.4 Å². The van der Waals surface area contributed by atoms with Gasteiger partial charge in [-0.3, -0.25) is 4.79 Å². The molecule has 0 aliphatic heterocycles. The van der Waals surface area contributed by atoms with E-state index in [-0.39, 0.29) is 19.4 Å². The van der Waals surface area contributed by atoms with E-state index in [0.29, 0.717) is 0 Å². The van der Waals surface area contributed by atoms with Crippen LogP contribution in [0.4, 0.5) is 4.79 Å². The molecule has 8 nitrogen and oxygen atoms in total. The van der Waals surface area contributed by atoms with Crippen LogP contribution < -0.4 is 5.32 Å². The molecule has 1 amide bonds. The Labute approximate surface area is 142 Å². The Balaban J connectivity index is 4.73. The van der Waals surface area contributed by atoms with Crippen molar-refractivity contribution in [2.24, 2.45) is 0 Å². The minimum absolute atomic E-state index is 0.124. The van der Waals surface area contributed by atoms with Crippen LogP contribution in [0.2, 0.25) is 0 Å². The zero-order chi connectivity index (χ0) is 18.9. The number of carboxylic acids is 1. The van der Waals surface area contributed by atoms with E-state index in [4.69, 9.17) is 19.3 Å². The molecular weight excluding hydrogens is 318 g/mol. The maximum atomic E-state index is 12.1. The molecule has 8 heteroatoms. The van der Waals surface area contributed by atoms with Crippen LogP contribution in [0.25, 0.3) is 0 Å². The highest BCUT2D eigenvalue weighted by Crippen LogP contribution is 2.09. The third kappa shape index (κ3) is 11.5. The van der Waals surface area contributed by atoms with Gasteiger partial charge in [-0.05, 0) is 41.0 Å². The van der Waals surface area contributed by atoms with E-state index in [1.54, 1.807) is 27.7 Å². The van der Waals surface area contributed by atoms with Crippen LogP contribution in [-0.2, 0) is 23.8 Å². The largest absolute Gasteiger partial charge is 0.481 e. The van der Waals surface area contributed by atoms with Crippen molar-refractivity contribution in [1.82, 2.24) is 5.32 Å². The SMILES string of the molecule is C=C(C)COC(C)OC(=O)[C@H](CCC(=O)O)NC(=O)OC(C)(C)C. The summed E-state index contributed by atoms with van der Waals surface area (Å²) in [4.78, 5) is 34.6. The molecule has 0 bridgehead atoms. The number of rotatable bonds is 9. The van der Waals surface area contributed by atoms with Gasteiger partial charge in [0.05, 0.1) is 6.61 Å². The fraction of sp³-hybridized carbons (Fsp3) is 0.688. The molecule has 0 saturated heterocycles. The molecule has 2 atom stereocenters. The molecule has 0 rings (SSSR count). The predicted octanol–water partition coefficient (Wildman–Crippen LogP) is 2.23. The van der Waals surface area contributed by atoms with Crippen LogP contribution in [0.3, 0.4) is 0 Å². The van der Waals surface area contributed by atoms with Gasteiger partial charge in [-0.25, -0.2) is 9.59 Å². The second-order valence-electron chi connectivity index (χ2n) is 6.40. The smallest absolute Gasteiger partial charge is 0.408 e. The zero-order valence-corrected chi connectivity index (χ0v) is 14.9. The van der Waals surface area contributed by atoms with Gasteiger partial charge in [0.1, 0.15) is 11.6 Å².